The standard InChI is InChI=1S/C17H22N4O/c1-2-6-16(7-3-1)22-12-11-21-10-4-5-15(13-21)20-17-8-9-18-14-19-17/h1-3,6-9,14-15H,4-5,10-13H2,(H,18,19,20). The highest BCUT2D eigenvalue weighted by Crippen LogP contribution is 2.14. The summed E-state index contributed by atoms with van der Waals surface area (Å²) >= 11 is 0. The summed E-state index contributed by atoms with van der Waals surface area (Å²) in [6, 6.07) is 12.3. The molecule has 1 unspecified atom stereocenters. The Morgan fingerprint density at radius 1 is 1.23 bits per heavy atom. The van der Waals surface area contributed by atoms with E-state index in [4.69, 9.17) is 4.74 Å². The van der Waals surface area contributed by atoms with Gasteiger partial charge in [0, 0.05) is 25.3 Å². The third kappa shape index (κ3) is 4.43. The molecule has 22 heavy (non-hydrogen) atoms. The molecule has 1 aromatic heterocycles. The lowest BCUT2D eigenvalue weighted by Crippen LogP contribution is -2.43. The summed E-state index contributed by atoms with van der Waals surface area (Å²) in [4.78, 5) is 10.6. The molecule has 1 aliphatic rings. The van der Waals surface area contributed by atoms with Crippen molar-refractivity contribution < 1.29 is 4.74 Å². The highest BCUT2D eigenvalue weighted by Gasteiger charge is 2.19. The molecule has 1 atom stereocenters. The van der Waals surface area contributed by atoms with Crippen molar-refractivity contribution in [2.45, 2.75) is 18.9 Å². The van der Waals surface area contributed by atoms with Crippen LogP contribution in [0.4, 0.5) is 5.82 Å². The van der Waals surface area contributed by atoms with Crippen LogP contribution in [0.3, 0.4) is 0 Å². The molecular formula is C17H22N4O. The molecule has 1 fully saturated rings. The number of ether oxygens (including phenoxy) is 1. The van der Waals surface area contributed by atoms with E-state index >= 15 is 0 Å². The van der Waals surface area contributed by atoms with Crippen molar-refractivity contribution in [2.75, 3.05) is 31.6 Å². The molecule has 5 heteroatoms. The van der Waals surface area contributed by atoms with Crippen LogP contribution in [0.25, 0.3) is 0 Å². The SMILES string of the molecule is c1ccc(OCCN2CCCC(Nc3ccncn3)C2)cc1. The molecule has 1 aliphatic heterocycles. The van der Waals surface area contributed by atoms with Crippen molar-refractivity contribution in [3.05, 3.63) is 48.9 Å². The maximum absolute atomic E-state index is 5.78. The largest absolute Gasteiger partial charge is 0.492 e. The monoisotopic (exact) mass is 298 g/mol. The zero-order chi connectivity index (χ0) is 15.0. The fourth-order valence-corrected chi connectivity index (χ4v) is 2.77. The van der Waals surface area contributed by atoms with Gasteiger partial charge in [-0.05, 0) is 37.6 Å². The number of para-hydroxylation sites is 1. The maximum Gasteiger partial charge on any atom is 0.129 e. The maximum atomic E-state index is 5.78. The second kappa shape index (κ2) is 7.75. The number of piperidine rings is 1. The first-order chi connectivity index (χ1) is 10.9. The van der Waals surface area contributed by atoms with Gasteiger partial charge < -0.3 is 10.1 Å². The number of aromatic nitrogens is 2. The lowest BCUT2D eigenvalue weighted by molar-refractivity contribution is 0.175. The van der Waals surface area contributed by atoms with E-state index in [0.29, 0.717) is 6.04 Å². The number of hydrogen-bond acceptors (Lipinski definition) is 5. The Bertz CT molecular complexity index is 549. The summed E-state index contributed by atoms with van der Waals surface area (Å²) in [5.41, 5.74) is 0. The molecule has 2 heterocycles. The summed E-state index contributed by atoms with van der Waals surface area (Å²) < 4.78 is 5.78. The molecule has 0 saturated carbocycles. The Balaban J connectivity index is 1.42. The summed E-state index contributed by atoms with van der Waals surface area (Å²) in [6.45, 7) is 3.85. The van der Waals surface area contributed by atoms with Gasteiger partial charge in [-0.2, -0.15) is 0 Å². The number of nitrogens with zero attached hydrogens (tertiary/aromatic N) is 3. The van der Waals surface area contributed by atoms with Gasteiger partial charge in [0.1, 0.15) is 24.5 Å². The lowest BCUT2D eigenvalue weighted by atomic mass is 10.1. The van der Waals surface area contributed by atoms with E-state index < -0.39 is 0 Å². The van der Waals surface area contributed by atoms with Crippen molar-refractivity contribution >= 4 is 5.82 Å². The third-order valence-electron chi connectivity index (χ3n) is 3.86. The first-order valence-corrected chi connectivity index (χ1v) is 7.83. The molecule has 2 aromatic rings. The van der Waals surface area contributed by atoms with Crippen LogP contribution in [0.5, 0.6) is 5.75 Å². The van der Waals surface area contributed by atoms with E-state index in [1.807, 2.05) is 36.4 Å². The van der Waals surface area contributed by atoms with Gasteiger partial charge in [-0.15, -0.1) is 0 Å². The Morgan fingerprint density at radius 2 is 2.14 bits per heavy atom. The van der Waals surface area contributed by atoms with Crippen molar-refractivity contribution in [3.63, 3.8) is 0 Å². The van der Waals surface area contributed by atoms with Gasteiger partial charge in [0.25, 0.3) is 0 Å². The molecule has 0 bridgehead atoms. The molecule has 3 rings (SSSR count). The van der Waals surface area contributed by atoms with Gasteiger partial charge in [0.05, 0.1) is 0 Å². The Kier molecular flexibility index (Phi) is 5.21. The lowest BCUT2D eigenvalue weighted by Gasteiger charge is -2.33. The molecule has 0 spiro atoms. The van der Waals surface area contributed by atoms with Crippen LogP contribution >= 0.6 is 0 Å². The zero-order valence-electron chi connectivity index (χ0n) is 12.7. The number of nitrogens with one attached hydrogen (secondary N) is 1. The molecule has 1 N–H and O–H groups in total. The predicted octanol–water partition coefficient (Wildman–Crippen LogP) is 2.43. The first-order valence-electron chi connectivity index (χ1n) is 7.83. The van der Waals surface area contributed by atoms with Gasteiger partial charge in [0.2, 0.25) is 0 Å². The Hall–Kier alpha value is -2.14. The van der Waals surface area contributed by atoms with Crippen LogP contribution in [0.1, 0.15) is 12.8 Å². The van der Waals surface area contributed by atoms with Crippen LogP contribution < -0.4 is 10.1 Å². The number of hydrogen-bond donors (Lipinski definition) is 1. The van der Waals surface area contributed by atoms with E-state index in [1.54, 1.807) is 12.5 Å². The van der Waals surface area contributed by atoms with E-state index in [9.17, 15) is 0 Å². The number of likely N-dealkylation sites (tertiary alicyclic amines) is 1. The first kappa shape index (κ1) is 14.8. The van der Waals surface area contributed by atoms with Crippen molar-refractivity contribution in [3.8, 4) is 5.75 Å². The van der Waals surface area contributed by atoms with E-state index in [1.165, 1.54) is 12.8 Å². The summed E-state index contributed by atoms with van der Waals surface area (Å²) in [5.74, 6) is 1.84. The molecule has 1 aromatic carbocycles. The molecule has 5 nitrogen and oxygen atoms in total. The Labute approximate surface area is 131 Å². The van der Waals surface area contributed by atoms with E-state index in [2.05, 4.69) is 20.2 Å². The van der Waals surface area contributed by atoms with Gasteiger partial charge in [0.15, 0.2) is 0 Å². The molecule has 1 saturated heterocycles. The predicted molar refractivity (Wildman–Crippen MR) is 87.1 cm³/mol. The quantitative estimate of drug-likeness (QED) is 0.887. The van der Waals surface area contributed by atoms with Crippen LogP contribution in [0, 0.1) is 0 Å². The fourth-order valence-electron chi connectivity index (χ4n) is 2.77. The molecular weight excluding hydrogens is 276 g/mol. The van der Waals surface area contributed by atoms with Crippen LogP contribution in [-0.4, -0.2) is 47.2 Å². The minimum Gasteiger partial charge on any atom is -0.492 e. The fraction of sp³-hybridized carbons (Fsp3) is 0.412. The average Bonchev–Trinajstić information content (AvgIpc) is 2.57. The smallest absolute Gasteiger partial charge is 0.129 e. The van der Waals surface area contributed by atoms with Crippen LogP contribution in [0.2, 0.25) is 0 Å². The summed E-state index contributed by atoms with van der Waals surface area (Å²) in [6.07, 6.45) is 5.73. The second-order valence-electron chi connectivity index (χ2n) is 5.54. The summed E-state index contributed by atoms with van der Waals surface area (Å²) in [5, 5.41) is 3.49. The minimum absolute atomic E-state index is 0.445. The average molecular weight is 298 g/mol. The van der Waals surface area contributed by atoms with Crippen LogP contribution in [0.15, 0.2) is 48.9 Å². The molecule has 0 aliphatic carbocycles. The number of rotatable bonds is 6. The number of benzene rings is 1. The van der Waals surface area contributed by atoms with Gasteiger partial charge in [-0.25, -0.2) is 9.97 Å². The van der Waals surface area contributed by atoms with Gasteiger partial charge in [-0.1, -0.05) is 18.2 Å². The third-order valence-corrected chi connectivity index (χ3v) is 3.86. The highest BCUT2D eigenvalue weighted by atomic mass is 16.5. The second-order valence-corrected chi connectivity index (χ2v) is 5.54. The highest BCUT2D eigenvalue weighted by molar-refractivity contribution is 5.33. The van der Waals surface area contributed by atoms with E-state index in [-0.39, 0.29) is 0 Å². The van der Waals surface area contributed by atoms with Crippen molar-refractivity contribution in [1.82, 2.24) is 14.9 Å². The number of anilines is 1. The summed E-state index contributed by atoms with van der Waals surface area (Å²) in [7, 11) is 0. The van der Waals surface area contributed by atoms with Crippen molar-refractivity contribution in [1.29, 1.82) is 0 Å². The molecule has 116 valence electrons. The van der Waals surface area contributed by atoms with Gasteiger partial charge in [-0.3, -0.25) is 4.90 Å². The molecule has 0 amide bonds. The minimum atomic E-state index is 0.445. The normalized spacial score (nSPS) is 18.8. The van der Waals surface area contributed by atoms with Crippen molar-refractivity contribution in [2.24, 2.45) is 0 Å². The Morgan fingerprint density at radius 3 is 2.95 bits per heavy atom. The van der Waals surface area contributed by atoms with Gasteiger partial charge >= 0.3 is 0 Å². The topological polar surface area (TPSA) is 50.3 Å². The molecule has 0 radical (unpaired) electrons. The zero-order valence-corrected chi connectivity index (χ0v) is 12.7. The van der Waals surface area contributed by atoms with Crippen LogP contribution in [-0.2, 0) is 0 Å². The van der Waals surface area contributed by atoms with E-state index in [0.717, 1.165) is 37.8 Å².